The molecule has 1 aromatic rings. The quantitative estimate of drug-likeness (QED) is 0.862. The Hall–Kier alpha value is -1.46. The fraction of sp³-hybridized carbons (Fsp3) is 0.625. The van der Waals surface area contributed by atoms with E-state index < -0.39 is 6.04 Å². The predicted octanol–water partition coefficient (Wildman–Crippen LogP) is 2.23. The van der Waals surface area contributed by atoms with Crippen LogP contribution in [0.25, 0.3) is 0 Å². The third-order valence-corrected chi connectivity index (χ3v) is 3.90. The van der Waals surface area contributed by atoms with Crippen LogP contribution in [0.15, 0.2) is 24.5 Å². The normalized spacial score (nSPS) is 24.5. The lowest BCUT2D eigenvalue weighted by Crippen LogP contribution is -2.47. The van der Waals surface area contributed by atoms with Crippen molar-refractivity contribution in [2.24, 2.45) is 0 Å². The zero-order valence-corrected chi connectivity index (χ0v) is 13.3. The highest BCUT2D eigenvalue weighted by molar-refractivity contribution is 5.77. The molecule has 1 N–H and O–H groups in total. The number of ether oxygens (including phenoxy) is 2. The summed E-state index contributed by atoms with van der Waals surface area (Å²) in [6.07, 6.45) is 4.19. The number of nitrogens with zero attached hydrogens (tertiary/aromatic N) is 1. The van der Waals surface area contributed by atoms with Crippen molar-refractivity contribution in [3.8, 4) is 0 Å². The Bertz CT molecular complexity index is 500. The Kier molecular flexibility index (Phi) is 4.35. The highest BCUT2D eigenvalue weighted by atomic mass is 16.5. The van der Waals surface area contributed by atoms with E-state index in [4.69, 9.17) is 9.47 Å². The van der Waals surface area contributed by atoms with Crippen LogP contribution in [0.1, 0.15) is 45.7 Å². The van der Waals surface area contributed by atoms with E-state index in [-0.39, 0.29) is 23.2 Å². The van der Waals surface area contributed by atoms with Crippen LogP contribution in [0.5, 0.6) is 0 Å². The lowest BCUT2D eigenvalue weighted by Gasteiger charge is -2.30. The molecule has 0 aliphatic carbocycles. The molecule has 1 fully saturated rings. The van der Waals surface area contributed by atoms with Gasteiger partial charge in [0, 0.05) is 18.4 Å². The molecular formula is C16H24N2O3. The fourth-order valence-electron chi connectivity index (χ4n) is 2.99. The topological polar surface area (TPSA) is 60.5 Å². The van der Waals surface area contributed by atoms with Crippen molar-refractivity contribution in [1.82, 2.24) is 10.3 Å². The Morgan fingerprint density at radius 3 is 2.67 bits per heavy atom. The fourth-order valence-corrected chi connectivity index (χ4v) is 2.99. The molecule has 1 aliphatic heterocycles. The molecule has 5 nitrogen and oxygen atoms in total. The summed E-state index contributed by atoms with van der Waals surface area (Å²) < 4.78 is 11.0. The average molecular weight is 292 g/mol. The van der Waals surface area contributed by atoms with E-state index in [1.165, 1.54) is 7.11 Å². The summed E-state index contributed by atoms with van der Waals surface area (Å²) in [5, 5.41) is 3.39. The number of aromatic nitrogens is 1. The molecule has 5 heteroatoms. The number of pyridine rings is 1. The minimum Gasteiger partial charge on any atom is -0.468 e. The van der Waals surface area contributed by atoms with Crippen molar-refractivity contribution in [1.29, 1.82) is 0 Å². The van der Waals surface area contributed by atoms with Crippen molar-refractivity contribution in [3.05, 3.63) is 30.1 Å². The number of hydrogen-bond acceptors (Lipinski definition) is 5. The van der Waals surface area contributed by atoms with Crippen LogP contribution in [0, 0.1) is 0 Å². The molecule has 1 saturated heterocycles. The van der Waals surface area contributed by atoms with E-state index in [9.17, 15) is 4.79 Å². The first-order chi connectivity index (χ1) is 9.75. The summed E-state index contributed by atoms with van der Waals surface area (Å²) in [6.45, 7) is 8.20. The van der Waals surface area contributed by atoms with Crippen molar-refractivity contribution in [3.63, 3.8) is 0 Å². The van der Waals surface area contributed by atoms with E-state index in [1.54, 1.807) is 12.4 Å². The van der Waals surface area contributed by atoms with E-state index >= 15 is 0 Å². The van der Waals surface area contributed by atoms with Gasteiger partial charge in [-0.3, -0.25) is 10.3 Å². The van der Waals surface area contributed by atoms with Gasteiger partial charge in [-0.15, -0.1) is 0 Å². The molecule has 0 bridgehead atoms. The summed E-state index contributed by atoms with van der Waals surface area (Å²) in [4.78, 5) is 16.2. The molecule has 0 amide bonds. The molecule has 116 valence electrons. The summed E-state index contributed by atoms with van der Waals surface area (Å²) in [6, 6.07) is 3.20. The molecule has 2 heterocycles. The Labute approximate surface area is 126 Å². The van der Waals surface area contributed by atoms with Gasteiger partial charge in [0.1, 0.15) is 6.04 Å². The Morgan fingerprint density at radius 2 is 2.19 bits per heavy atom. The molecule has 0 unspecified atom stereocenters. The number of carbonyl (C=O) groups is 1. The molecule has 0 saturated carbocycles. The van der Waals surface area contributed by atoms with Gasteiger partial charge in [-0.25, -0.2) is 4.79 Å². The molecule has 0 radical (unpaired) electrons. The average Bonchev–Trinajstić information content (AvgIpc) is 2.63. The third-order valence-electron chi connectivity index (χ3n) is 3.90. The van der Waals surface area contributed by atoms with Crippen LogP contribution >= 0.6 is 0 Å². The number of methoxy groups -OCH3 is 1. The molecule has 1 aliphatic rings. The highest BCUT2D eigenvalue weighted by Gasteiger charge is 2.47. The minimum atomic E-state index is -0.537. The number of nitrogens with one attached hydrogen (secondary N) is 1. The molecule has 2 atom stereocenters. The SMILES string of the molecule is COC(=O)[C@@H](N[C@@H]1CC(C)(C)OC1(C)C)c1cccnc1. The Balaban J connectivity index is 2.22. The van der Waals surface area contributed by atoms with Crippen LogP contribution in [-0.4, -0.2) is 35.3 Å². The van der Waals surface area contributed by atoms with Gasteiger partial charge in [-0.05, 0) is 45.7 Å². The zero-order valence-electron chi connectivity index (χ0n) is 13.3. The monoisotopic (exact) mass is 292 g/mol. The van der Waals surface area contributed by atoms with E-state index in [1.807, 2.05) is 26.0 Å². The lowest BCUT2D eigenvalue weighted by molar-refractivity contribution is -0.144. The maximum atomic E-state index is 12.1. The maximum Gasteiger partial charge on any atom is 0.327 e. The minimum absolute atomic E-state index is 0.0526. The molecule has 0 spiro atoms. The van der Waals surface area contributed by atoms with Gasteiger partial charge in [0.15, 0.2) is 0 Å². The van der Waals surface area contributed by atoms with Gasteiger partial charge in [-0.1, -0.05) is 6.07 Å². The largest absolute Gasteiger partial charge is 0.468 e. The summed E-state index contributed by atoms with van der Waals surface area (Å²) in [7, 11) is 1.40. The molecule has 21 heavy (non-hydrogen) atoms. The first kappa shape index (κ1) is 15.9. The lowest BCUT2D eigenvalue weighted by atomic mass is 9.93. The second-order valence-electron chi connectivity index (χ2n) is 6.63. The van der Waals surface area contributed by atoms with E-state index in [0.717, 1.165) is 12.0 Å². The third kappa shape index (κ3) is 3.60. The summed E-state index contributed by atoms with van der Waals surface area (Å²) >= 11 is 0. The van der Waals surface area contributed by atoms with Crippen LogP contribution in [0.3, 0.4) is 0 Å². The van der Waals surface area contributed by atoms with Gasteiger partial charge in [0.25, 0.3) is 0 Å². The van der Waals surface area contributed by atoms with Crippen molar-refractivity contribution in [2.45, 2.75) is 57.4 Å². The van der Waals surface area contributed by atoms with E-state index in [2.05, 4.69) is 24.1 Å². The standard InChI is InChI=1S/C16H24N2O3/c1-15(2)9-12(16(3,4)21-15)18-13(14(19)20-5)11-7-6-8-17-10-11/h6-8,10,12-13,18H,9H2,1-5H3/t12-,13+/m1/s1. The zero-order chi connectivity index (χ0) is 15.7. The number of esters is 1. The van der Waals surface area contributed by atoms with Crippen molar-refractivity contribution in [2.75, 3.05) is 7.11 Å². The van der Waals surface area contributed by atoms with Crippen LogP contribution in [-0.2, 0) is 14.3 Å². The number of carbonyl (C=O) groups excluding carboxylic acids is 1. The summed E-state index contributed by atoms with van der Waals surface area (Å²) in [5.41, 5.74) is 0.235. The van der Waals surface area contributed by atoms with Gasteiger partial charge < -0.3 is 9.47 Å². The second kappa shape index (κ2) is 5.73. The van der Waals surface area contributed by atoms with Gasteiger partial charge >= 0.3 is 5.97 Å². The molecule has 0 aromatic carbocycles. The first-order valence-corrected chi connectivity index (χ1v) is 7.19. The Morgan fingerprint density at radius 1 is 1.48 bits per heavy atom. The van der Waals surface area contributed by atoms with Gasteiger partial charge in [-0.2, -0.15) is 0 Å². The number of rotatable bonds is 4. The number of hydrogen-bond donors (Lipinski definition) is 1. The summed E-state index contributed by atoms with van der Waals surface area (Å²) in [5.74, 6) is -0.316. The first-order valence-electron chi connectivity index (χ1n) is 7.19. The van der Waals surface area contributed by atoms with Crippen LogP contribution in [0.2, 0.25) is 0 Å². The van der Waals surface area contributed by atoms with Crippen LogP contribution in [0.4, 0.5) is 0 Å². The maximum absolute atomic E-state index is 12.1. The van der Waals surface area contributed by atoms with Gasteiger partial charge in [0.2, 0.25) is 0 Å². The molecule has 1 aromatic heterocycles. The smallest absolute Gasteiger partial charge is 0.327 e. The predicted molar refractivity (Wildman–Crippen MR) is 79.8 cm³/mol. The highest BCUT2D eigenvalue weighted by Crippen LogP contribution is 2.38. The molecular weight excluding hydrogens is 268 g/mol. The van der Waals surface area contributed by atoms with E-state index in [0.29, 0.717) is 0 Å². The van der Waals surface area contributed by atoms with Crippen molar-refractivity contribution < 1.29 is 14.3 Å². The molecule has 2 rings (SSSR count). The van der Waals surface area contributed by atoms with Crippen molar-refractivity contribution >= 4 is 5.97 Å². The van der Waals surface area contributed by atoms with Crippen LogP contribution < -0.4 is 5.32 Å². The second-order valence-corrected chi connectivity index (χ2v) is 6.63. The van der Waals surface area contributed by atoms with Gasteiger partial charge in [0.05, 0.1) is 18.3 Å².